The minimum atomic E-state index is 0.556. The van der Waals surface area contributed by atoms with Gasteiger partial charge in [-0.25, -0.2) is 9.97 Å². The monoisotopic (exact) mass is 421 g/mol. The third-order valence-corrected chi connectivity index (χ3v) is 5.20. The Morgan fingerprint density at radius 3 is 2.48 bits per heavy atom. The second-order valence-corrected chi connectivity index (χ2v) is 7.58. The van der Waals surface area contributed by atoms with Gasteiger partial charge in [0.05, 0.1) is 23.1 Å². The minimum absolute atomic E-state index is 0.556. The van der Waals surface area contributed by atoms with Crippen molar-refractivity contribution in [3.05, 3.63) is 97.1 Å². The largest absolute Gasteiger partial charge is 0.364 e. The Kier molecular flexibility index (Phi) is 5.29. The molecule has 150 valence electrons. The van der Waals surface area contributed by atoms with Gasteiger partial charge in [0.2, 0.25) is 0 Å². The molecule has 3 aromatic heterocycles. The van der Waals surface area contributed by atoms with E-state index in [0.29, 0.717) is 12.4 Å². The summed E-state index contributed by atoms with van der Waals surface area (Å²) in [6.07, 6.45) is 5.24. The molecule has 0 fully saturated rings. The van der Waals surface area contributed by atoms with Crippen LogP contribution < -0.4 is 5.32 Å². The molecule has 0 spiro atoms. The molecule has 0 aliphatic heterocycles. The molecular weight excluding hydrogens is 402 g/mol. The van der Waals surface area contributed by atoms with Crippen molar-refractivity contribution in [2.75, 3.05) is 5.32 Å². The smallest absolute Gasteiger partial charge is 0.163 e. The number of hydrogen-bond donors (Lipinski definition) is 2. The molecule has 5 aromatic rings. The molecule has 0 amide bonds. The number of nitrogens with zero attached hydrogens (tertiary/aromatic N) is 4. The standard InChI is InChI=1S/C25H19N5S/c31-20-13-18(14-26-16-20)24-29-22-11-6-10-21(17-7-2-1-3-8-17)23(22)25(30-24)28-15-19-9-4-5-12-27-19/h1-14,16,31H,15H2,(H,28,29,30). The van der Waals surface area contributed by atoms with Crippen LogP contribution in [0.25, 0.3) is 33.4 Å². The van der Waals surface area contributed by atoms with Crippen LogP contribution in [0.2, 0.25) is 0 Å². The topological polar surface area (TPSA) is 63.6 Å². The van der Waals surface area contributed by atoms with E-state index in [1.54, 1.807) is 18.6 Å². The van der Waals surface area contributed by atoms with Crippen LogP contribution in [0.15, 0.2) is 96.3 Å². The summed E-state index contributed by atoms with van der Waals surface area (Å²) in [5.41, 5.74) is 4.81. The second-order valence-electron chi connectivity index (χ2n) is 7.07. The van der Waals surface area contributed by atoms with Crippen molar-refractivity contribution < 1.29 is 0 Å². The number of hydrogen-bond acceptors (Lipinski definition) is 6. The molecule has 0 bridgehead atoms. The average molecular weight is 422 g/mol. The van der Waals surface area contributed by atoms with Crippen molar-refractivity contribution in [1.29, 1.82) is 0 Å². The molecule has 0 unspecified atom stereocenters. The predicted molar refractivity (Wildman–Crippen MR) is 127 cm³/mol. The summed E-state index contributed by atoms with van der Waals surface area (Å²) in [5.74, 6) is 1.36. The maximum Gasteiger partial charge on any atom is 0.163 e. The van der Waals surface area contributed by atoms with Crippen molar-refractivity contribution in [2.45, 2.75) is 11.4 Å². The normalized spacial score (nSPS) is 10.9. The molecule has 2 aromatic carbocycles. The first-order valence-corrected chi connectivity index (χ1v) is 10.4. The highest BCUT2D eigenvalue weighted by molar-refractivity contribution is 7.80. The van der Waals surface area contributed by atoms with E-state index in [1.165, 1.54) is 0 Å². The van der Waals surface area contributed by atoms with E-state index in [9.17, 15) is 0 Å². The third kappa shape index (κ3) is 4.11. The zero-order chi connectivity index (χ0) is 21.0. The first-order chi connectivity index (χ1) is 15.3. The number of benzene rings is 2. The van der Waals surface area contributed by atoms with Gasteiger partial charge in [-0.3, -0.25) is 9.97 Å². The van der Waals surface area contributed by atoms with Gasteiger partial charge in [-0.15, -0.1) is 12.6 Å². The summed E-state index contributed by atoms with van der Waals surface area (Å²) < 4.78 is 0. The number of pyridine rings is 2. The van der Waals surface area contributed by atoms with E-state index in [0.717, 1.165) is 44.0 Å². The Balaban J connectivity index is 1.68. The van der Waals surface area contributed by atoms with E-state index < -0.39 is 0 Å². The molecule has 5 nitrogen and oxygen atoms in total. The van der Waals surface area contributed by atoms with Crippen LogP contribution in [-0.2, 0) is 6.54 Å². The van der Waals surface area contributed by atoms with Crippen molar-refractivity contribution in [1.82, 2.24) is 19.9 Å². The fourth-order valence-electron chi connectivity index (χ4n) is 3.53. The number of nitrogens with one attached hydrogen (secondary N) is 1. The van der Waals surface area contributed by atoms with Crippen molar-refractivity contribution >= 4 is 29.3 Å². The number of thiol groups is 1. The quantitative estimate of drug-likeness (QED) is 0.359. The summed E-state index contributed by atoms with van der Waals surface area (Å²) in [4.78, 5) is 19.2. The van der Waals surface area contributed by atoms with Gasteiger partial charge in [0.15, 0.2) is 5.82 Å². The molecule has 0 atom stereocenters. The maximum atomic E-state index is 4.89. The highest BCUT2D eigenvalue weighted by atomic mass is 32.1. The lowest BCUT2D eigenvalue weighted by molar-refractivity contribution is 1.03. The first kappa shape index (κ1) is 19.2. The first-order valence-electron chi connectivity index (χ1n) is 9.92. The lowest BCUT2D eigenvalue weighted by atomic mass is 10.0. The fourth-order valence-corrected chi connectivity index (χ4v) is 3.73. The van der Waals surface area contributed by atoms with Crippen LogP contribution in [0.4, 0.5) is 5.82 Å². The van der Waals surface area contributed by atoms with Crippen LogP contribution in [0.3, 0.4) is 0 Å². The van der Waals surface area contributed by atoms with Gasteiger partial charge >= 0.3 is 0 Å². The molecule has 0 radical (unpaired) electrons. The molecule has 3 heterocycles. The second kappa shape index (κ2) is 8.53. The van der Waals surface area contributed by atoms with E-state index in [1.807, 2.05) is 54.6 Å². The molecular formula is C25H19N5S. The predicted octanol–water partition coefficient (Wildman–Crippen LogP) is 5.65. The molecule has 0 aliphatic rings. The Labute approximate surface area is 185 Å². The van der Waals surface area contributed by atoms with Gasteiger partial charge in [-0.05, 0) is 35.4 Å². The lowest BCUT2D eigenvalue weighted by Crippen LogP contribution is -2.06. The molecule has 0 saturated carbocycles. The van der Waals surface area contributed by atoms with Gasteiger partial charge in [0.1, 0.15) is 5.82 Å². The molecule has 5 rings (SSSR count). The van der Waals surface area contributed by atoms with Crippen LogP contribution in [-0.4, -0.2) is 19.9 Å². The van der Waals surface area contributed by atoms with Gasteiger partial charge in [0, 0.05) is 29.0 Å². The SMILES string of the molecule is Sc1cncc(-c2nc(NCc3ccccn3)c3c(-c4ccccc4)cccc3n2)c1. The highest BCUT2D eigenvalue weighted by Gasteiger charge is 2.14. The average Bonchev–Trinajstić information content (AvgIpc) is 2.83. The van der Waals surface area contributed by atoms with E-state index >= 15 is 0 Å². The van der Waals surface area contributed by atoms with Gasteiger partial charge < -0.3 is 5.32 Å². The number of rotatable bonds is 5. The number of anilines is 1. The summed E-state index contributed by atoms with van der Waals surface area (Å²) in [6.45, 7) is 0.556. The fraction of sp³-hybridized carbons (Fsp3) is 0.0400. The zero-order valence-electron chi connectivity index (χ0n) is 16.6. The van der Waals surface area contributed by atoms with E-state index in [-0.39, 0.29) is 0 Å². The molecule has 0 saturated heterocycles. The maximum absolute atomic E-state index is 4.89. The molecule has 0 aliphatic carbocycles. The summed E-state index contributed by atoms with van der Waals surface area (Å²) in [7, 11) is 0. The van der Waals surface area contributed by atoms with E-state index in [4.69, 9.17) is 9.97 Å². The minimum Gasteiger partial charge on any atom is -0.364 e. The summed E-state index contributed by atoms with van der Waals surface area (Å²) in [5, 5.41) is 4.46. The van der Waals surface area contributed by atoms with Gasteiger partial charge in [-0.1, -0.05) is 48.5 Å². The highest BCUT2D eigenvalue weighted by Crippen LogP contribution is 2.34. The Hall–Kier alpha value is -3.77. The number of aromatic nitrogens is 4. The lowest BCUT2D eigenvalue weighted by Gasteiger charge is -2.14. The Morgan fingerprint density at radius 2 is 1.68 bits per heavy atom. The zero-order valence-corrected chi connectivity index (χ0v) is 17.5. The van der Waals surface area contributed by atoms with Crippen LogP contribution in [0.5, 0.6) is 0 Å². The van der Waals surface area contributed by atoms with Crippen LogP contribution in [0, 0.1) is 0 Å². The Bertz CT molecular complexity index is 1340. The molecule has 31 heavy (non-hydrogen) atoms. The van der Waals surface area contributed by atoms with Crippen molar-refractivity contribution in [3.63, 3.8) is 0 Å². The Morgan fingerprint density at radius 1 is 0.806 bits per heavy atom. The van der Waals surface area contributed by atoms with Gasteiger partial charge in [0.25, 0.3) is 0 Å². The summed E-state index contributed by atoms with van der Waals surface area (Å²) in [6, 6.07) is 24.2. The van der Waals surface area contributed by atoms with Crippen LogP contribution >= 0.6 is 12.6 Å². The van der Waals surface area contributed by atoms with E-state index in [2.05, 4.69) is 46.1 Å². The van der Waals surface area contributed by atoms with Crippen LogP contribution in [0.1, 0.15) is 5.69 Å². The third-order valence-electron chi connectivity index (χ3n) is 4.95. The number of fused-ring (bicyclic) bond motifs is 1. The van der Waals surface area contributed by atoms with Crippen molar-refractivity contribution in [2.24, 2.45) is 0 Å². The van der Waals surface area contributed by atoms with Gasteiger partial charge in [-0.2, -0.15) is 0 Å². The molecule has 6 heteroatoms. The molecule has 1 N–H and O–H groups in total. The summed E-state index contributed by atoms with van der Waals surface area (Å²) >= 11 is 4.41. The van der Waals surface area contributed by atoms with Crippen molar-refractivity contribution in [3.8, 4) is 22.5 Å².